The Morgan fingerprint density at radius 3 is 1.56 bits per heavy atom. The van der Waals surface area contributed by atoms with E-state index in [9.17, 15) is 9.59 Å². The molecule has 2 aromatic rings. The molecule has 0 atom stereocenters. The second kappa shape index (κ2) is 14.0. The molecular weight excluding hydrogens is 504 g/mol. The lowest BCUT2D eigenvalue weighted by Gasteiger charge is -2.19. The fraction of sp³-hybridized carbons (Fsp3) is 0.462. The van der Waals surface area contributed by atoms with Crippen molar-refractivity contribution in [2.45, 2.75) is 64.7 Å². The molecule has 0 fully saturated rings. The van der Waals surface area contributed by atoms with Crippen LogP contribution >= 0.6 is 15.9 Å². The van der Waals surface area contributed by atoms with Crippen LogP contribution in [-0.4, -0.2) is 41.5 Å². The molecule has 0 spiro atoms. The van der Waals surface area contributed by atoms with E-state index in [-0.39, 0.29) is 25.8 Å². The minimum Gasteiger partial charge on any atom is -0.482 e. The van der Waals surface area contributed by atoms with Crippen molar-refractivity contribution in [2.24, 2.45) is 0 Å². The van der Waals surface area contributed by atoms with Gasteiger partial charge in [0.05, 0.1) is 6.61 Å². The largest absolute Gasteiger partial charge is 0.482 e. The minimum absolute atomic E-state index is 0.0519. The molecule has 0 heterocycles. The summed E-state index contributed by atoms with van der Waals surface area (Å²) >= 11 is 3.36. The van der Waals surface area contributed by atoms with Gasteiger partial charge in [0.15, 0.2) is 13.2 Å². The topological polar surface area (TPSA) is 91.3 Å². The van der Waals surface area contributed by atoms with E-state index in [0.29, 0.717) is 11.5 Å². The van der Waals surface area contributed by atoms with Crippen molar-refractivity contribution in [1.29, 1.82) is 0 Å². The Bertz CT molecular complexity index is 838. The minimum atomic E-state index is -0.507. The van der Waals surface area contributed by atoms with Gasteiger partial charge >= 0.3 is 11.9 Å². The summed E-state index contributed by atoms with van der Waals surface area (Å²) in [6.45, 7) is 10.6. The van der Waals surface area contributed by atoms with Crippen LogP contribution in [-0.2, 0) is 31.0 Å². The second-order valence-electron chi connectivity index (χ2n) is 9.34. The Balaban J connectivity index is 0.000000340. The molecule has 0 aliphatic heterocycles. The normalized spacial score (nSPS) is 11.1. The van der Waals surface area contributed by atoms with Gasteiger partial charge in [0.1, 0.15) is 22.7 Å². The van der Waals surface area contributed by atoms with Crippen molar-refractivity contribution in [3.8, 4) is 11.5 Å². The number of hydrogen-bond donors (Lipinski definition) is 1. The third-order valence-electron chi connectivity index (χ3n) is 3.69. The standard InChI is InChI=1S/C13H17BrO3.C13H18O4/c2*1-13(2,3)17-12(15)9-16-11-6-4-5-10(7-11)8-14/h4-7H,8-9H2,1-3H3;4-7,14H,8-9H2,1-3H3. The van der Waals surface area contributed by atoms with Crippen LogP contribution in [0.4, 0.5) is 0 Å². The fourth-order valence-corrected chi connectivity index (χ4v) is 2.83. The molecule has 0 bridgehead atoms. The van der Waals surface area contributed by atoms with E-state index < -0.39 is 17.2 Å². The third-order valence-corrected chi connectivity index (χ3v) is 4.33. The maximum Gasteiger partial charge on any atom is 0.344 e. The van der Waals surface area contributed by atoms with Crippen molar-refractivity contribution in [3.63, 3.8) is 0 Å². The van der Waals surface area contributed by atoms with Gasteiger partial charge in [0.25, 0.3) is 0 Å². The molecule has 2 aromatic carbocycles. The molecule has 0 aromatic heterocycles. The van der Waals surface area contributed by atoms with Gasteiger partial charge in [-0.3, -0.25) is 0 Å². The Kier molecular flexibility index (Phi) is 12.1. The first-order valence-electron chi connectivity index (χ1n) is 10.9. The van der Waals surface area contributed by atoms with Crippen molar-refractivity contribution in [3.05, 3.63) is 59.7 Å². The van der Waals surface area contributed by atoms with Gasteiger partial charge < -0.3 is 24.1 Å². The van der Waals surface area contributed by atoms with Crippen LogP contribution in [0.1, 0.15) is 52.7 Å². The summed E-state index contributed by atoms with van der Waals surface area (Å²) in [6, 6.07) is 14.5. The SMILES string of the molecule is CC(C)(C)OC(=O)COc1cccc(CBr)c1.CC(C)(C)OC(=O)COc1cccc(CO)c1. The first kappa shape index (κ1) is 29.5. The molecule has 8 heteroatoms. The maximum atomic E-state index is 11.4. The lowest BCUT2D eigenvalue weighted by molar-refractivity contribution is -0.158. The van der Waals surface area contributed by atoms with E-state index in [4.69, 9.17) is 24.1 Å². The molecule has 0 unspecified atom stereocenters. The van der Waals surface area contributed by atoms with Crippen LogP contribution < -0.4 is 9.47 Å². The Hall–Kier alpha value is -2.58. The summed E-state index contributed by atoms with van der Waals surface area (Å²) in [5.41, 5.74) is 0.865. The predicted octanol–water partition coefficient (Wildman–Crippen LogP) is 5.20. The van der Waals surface area contributed by atoms with Crippen LogP contribution in [0.25, 0.3) is 0 Å². The quantitative estimate of drug-likeness (QED) is 0.364. The average Bonchev–Trinajstić information content (AvgIpc) is 2.75. The van der Waals surface area contributed by atoms with Gasteiger partial charge in [-0.2, -0.15) is 0 Å². The molecule has 188 valence electrons. The zero-order chi connectivity index (χ0) is 25.8. The van der Waals surface area contributed by atoms with E-state index in [1.807, 2.05) is 45.0 Å². The zero-order valence-electron chi connectivity index (χ0n) is 20.7. The highest BCUT2D eigenvalue weighted by molar-refractivity contribution is 9.08. The number of halogens is 1. The maximum absolute atomic E-state index is 11.4. The monoisotopic (exact) mass is 538 g/mol. The molecule has 2 rings (SSSR count). The lowest BCUT2D eigenvalue weighted by Crippen LogP contribution is -2.27. The predicted molar refractivity (Wildman–Crippen MR) is 134 cm³/mol. The Labute approximate surface area is 210 Å². The summed E-state index contributed by atoms with van der Waals surface area (Å²) in [4.78, 5) is 22.8. The molecule has 7 nitrogen and oxygen atoms in total. The van der Waals surface area contributed by atoms with E-state index >= 15 is 0 Å². The second-order valence-corrected chi connectivity index (χ2v) is 9.90. The lowest BCUT2D eigenvalue weighted by atomic mass is 10.2. The van der Waals surface area contributed by atoms with Gasteiger partial charge in [0, 0.05) is 5.33 Å². The molecule has 0 amide bonds. The zero-order valence-corrected chi connectivity index (χ0v) is 22.3. The summed E-state index contributed by atoms with van der Waals surface area (Å²) in [7, 11) is 0. The summed E-state index contributed by atoms with van der Waals surface area (Å²) in [6.07, 6.45) is 0. The van der Waals surface area contributed by atoms with Crippen LogP contribution in [0, 0.1) is 0 Å². The first-order chi connectivity index (χ1) is 15.8. The van der Waals surface area contributed by atoms with E-state index in [2.05, 4.69) is 15.9 Å². The number of carbonyl (C=O) groups excluding carboxylic acids is 2. The number of alkyl halides is 1. The highest BCUT2D eigenvalue weighted by Gasteiger charge is 2.17. The van der Waals surface area contributed by atoms with Crippen molar-refractivity contribution in [2.75, 3.05) is 13.2 Å². The van der Waals surface area contributed by atoms with Crippen LogP contribution in [0.3, 0.4) is 0 Å². The van der Waals surface area contributed by atoms with E-state index in [1.165, 1.54) is 0 Å². The summed E-state index contributed by atoms with van der Waals surface area (Å²) < 4.78 is 20.9. The molecule has 34 heavy (non-hydrogen) atoms. The Morgan fingerprint density at radius 2 is 1.18 bits per heavy atom. The fourth-order valence-electron chi connectivity index (χ4n) is 2.48. The Morgan fingerprint density at radius 1 is 0.765 bits per heavy atom. The van der Waals surface area contributed by atoms with Gasteiger partial charge in [-0.25, -0.2) is 9.59 Å². The number of aliphatic hydroxyl groups is 1. The number of ether oxygens (including phenoxy) is 4. The number of benzene rings is 2. The van der Waals surface area contributed by atoms with Crippen molar-refractivity contribution < 1.29 is 33.6 Å². The third kappa shape index (κ3) is 13.9. The summed E-state index contributed by atoms with van der Waals surface area (Å²) in [5, 5.41) is 9.71. The molecule has 0 saturated carbocycles. The molecule has 0 aliphatic rings. The smallest absolute Gasteiger partial charge is 0.344 e. The number of esters is 2. The molecule has 0 saturated heterocycles. The number of aliphatic hydroxyl groups excluding tert-OH is 1. The first-order valence-corrected chi connectivity index (χ1v) is 12.0. The van der Waals surface area contributed by atoms with Gasteiger partial charge in [0.2, 0.25) is 0 Å². The van der Waals surface area contributed by atoms with E-state index in [0.717, 1.165) is 16.5 Å². The highest BCUT2D eigenvalue weighted by atomic mass is 79.9. The highest BCUT2D eigenvalue weighted by Crippen LogP contribution is 2.16. The molecular formula is C26H35BrO7. The van der Waals surface area contributed by atoms with Gasteiger partial charge in [-0.1, -0.05) is 40.2 Å². The van der Waals surface area contributed by atoms with Crippen LogP contribution in [0.2, 0.25) is 0 Å². The van der Waals surface area contributed by atoms with Gasteiger partial charge in [-0.15, -0.1) is 0 Å². The molecule has 0 radical (unpaired) electrons. The summed E-state index contributed by atoms with van der Waals surface area (Å²) in [5.74, 6) is 0.448. The van der Waals surface area contributed by atoms with Gasteiger partial charge in [-0.05, 0) is 76.9 Å². The number of rotatable bonds is 8. The molecule has 0 aliphatic carbocycles. The van der Waals surface area contributed by atoms with Crippen LogP contribution in [0.15, 0.2) is 48.5 Å². The number of hydrogen-bond acceptors (Lipinski definition) is 7. The number of carbonyl (C=O) groups is 2. The molecule has 1 N–H and O–H groups in total. The average molecular weight is 539 g/mol. The van der Waals surface area contributed by atoms with Crippen LogP contribution in [0.5, 0.6) is 11.5 Å². The van der Waals surface area contributed by atoms with E-state index in [1.54, 1.807) is 45.0 Å². The van der Waals surface area contributed by atoms with Crippen molar-refractivity contribution in [1.82, 2.24) is 0 Å². The van der Waals surface area contributed by atoms with Crippen molar-refractivity contribution >= 4 is 27.9 Å².